The maximum atomic E-state index is 9.42. The van der Waals surface area contributed by atoms with Crippen molar-refractivity contribution in [1.82, 2.24) is 0 Å². The van der Waals surface area contributed by atoms with Gasteiger partial charge in [-0.05, 0) is 18.4 Å². The quantitative estimate of drug-likeness (QED) is 0.693. The number of hydrogen-bond donors (Lipinski definition) is 1. The van der Waals surface area contributed by atoms with E-state index in [2.05, 4.69) is 12.1 Å². The van der Waals surface area contributed by atoms with Crippen molar-refractivity contribution in [2.24, 2.45) is 0 Å². The molecule has 0 saturated carbocycles. The molecular formula is C16H13N3OS. The molecular weight excluding hydrogens is 282 g/mol. The van der Waals surface area contributed by atoms with Gasteiger partial charge in [0.05, 0.1) is 23.9 Å². The van der Waals surface area contributed by atoms with E-state index in [-0.39, 0.29) is 5.69 Å². The number of para-hydroxylation sites is 1. The van der Waals surface area contributed by atoms with Crippen molar-refractivity contribution in [1.29, 1.82) is 10.5 Å². The maximum absolute atomic E-state index is 9.42. The fraction of sp³-hybridized carbons (Fsp3) is 0.125. The largest absolute Gasteiger partial charge is 0.496 e. The molecule has 2 N–H and O–H groups in total. The molecule has 5 heteroatoms. The van der Waals surface area contributed by atoms with Gasteiger partial charge in [0.25, 0.3) is 0 Å². The van der Waals surface area contributed by atoms with Crippen LogP contribution in [0.15, 0.2) is 35.2 Å². The van der Waals surface area contributed by atoms with Crippen molar-refractivity contribution in [3.63, 3.8) is 0 Å². The van der Waals surface area contributed by atoms with E-state index < -0.39 is 0 Å². The molecule has 0 unspecified atom stereocenters. The Morgan fingerprint density at radius 2 is 1.76 bits per heavy atom. The van der Waals surface area contributed by atoms with E-state index in [9.17, 15) is 10.5 Å². The Morgan fingerprint density at radius 3 is 2.33 bits per heavy atom. The third-order valence-corrected chi connectivity index (χ3v) is 3.93. The molecule has 2 aromatic carbocycles. The number of nitrogens with zero attached hydrogens (tertiary/aromatic N) is 2. The Kier molecular flexibility index (Phi) is 4.37. The van der Waals surface area contributed by atoms with E-state index in [1.165, 1.54) is 11.8 Å². The highest BCUT2D eigenvalue weighted by molar-refractivity contribution is 7.98. The van der Waals surface area contributed by atoms with Gasteiger partial charge in [-0.2, -0.15) is 10.5 Å². The van der Waals surface area contributed by atoms with Gasteiger partial charge in [0.1, 0.15) is 17.9 Å². The first kappa shape index (κ1) is 14.8. The highest BCUT2D eigenvalue weighted by atomic mass is 32.2. The maximum Gasteiger partial charge on any atom is 0.126 e. The van der Waals surface area contributed by atoms with Gasteiger partial charge in [-0.25, -0.2) is 0 Å². The predicted octanol–water partition coefficient (Wildman–Crippen LogP) is 3.41. The molecule has 0 aliphatic carbocycles. The standard InChI is InChI=1S/C16H13N3OS/c1-20-14-6-4-3-5-10(14)11-7-15(21-2)13(9-18)16(19)12(11)8-17/h3-7H,19H2,1-2H3. The van der Waals surface area contributed by atoms with Gasteiger partial charge in [-0.1, -0.05) is 18.2 Å². The van der Waals surface area contributed by atoms with Gasteiger partial charge >= 0.3 is 0 Å². The van der Waals surface area contributed by atoms with Crippen molar-refractivity contribution in [2.45, 2.75) is 4.90 Å². The molecule has 0 radical (unpaired) electrons. The Bertz CT molecular complexity index is 772. The van der Waals surface area contributed by atoms with Crippen LogP contribution in [0.25, 0.3) is 11.1 Å². The lowest BCUT2D eigenvalue weighted by molar-refractivity contribution is 0.416. The molecule has 2 aromatic rings. The highest BCUT2D eigenvalue weighted by Gasteiger charge is 2.18. The van der Waals surface area contributed by atoms with E-state index in [1.54, 1.807) is 7.11 Å². The molecule has 0 fully saturated rings. The predicted molar refractivity (Wildman–Crippen MR) is 84.1 cm³/mol. The van der Waals surface area contributed by atoms with Gasteiger partial charge in [0, 0.05) is 16.0 Å². The number of ether oxygens (including phenoxy) is 1. The first-order chi connectivity index (χ1) is 10.2. The summed E-state index contributed by atoms with van der Waals surface area (Å²) in [6, 6.07) is 13.4. The molecule has 4 nitrogen and oxygen atoms in total. The number of anilines is 1. The molecule has 0 atom stereocenters. The van der Waals surface area contributed by atoms with Gasteiger partial charge in [0.15, 0.2) is 0 Å². The molecule has 0 spiro atoms. The number of thioether (sulfide) groups is 1. The summed E-state index contributed by atoms with van der Waals surface area (Å²) in [5, 5.41) is 18.7. The van der Waals surface area contributed by atoms with E-state index >= 15 is 0 Å². The van der Waals surface area contributed by atoms with Crippen LogP contribution in [0.2, 0.25) is 0 Å². The molecule has 104 valence electrons. The summed E-state index contributed by atoms with van der Waals surface area (Å²) in [5.74, 6) is 0.658. The molecule has 2 rings (SSSR count). The summed E-state index contributed by atoms with van der Waals surface area (Å²) < 4.78 is 5.35. The van der Waals surface area contributed by atoms with E-state index in [1.807, 2.05) is 36.6 Å². The Hall–Kier alpha value is -2.63. The zero-order chi connectivity index (χ0) is 15.4. The van der Waals surface area contributed by atoms with Crippen LogP contribution in [0, 0.1) is 22.7 Å². The van der Waals surface area contributed by atoms with Gasteiger partial charge in [-0.15, -0.1) is 11.8 Å². The molecule has 0 aromatic heterocycles. The summed E-state index contributed by atoms with van der Waals surface area (Å²) in [6.45, 7) is 0. The Labute approximate surface area is 127 Å². The molecule has 0 heterocycles. The number of nitriles is 2. The van der Waals surface area contributed by atoms with Crippen LogP contribution < -0.4 is 10.5 Å². The van der Waals surface area contributed by atoms with Crippen LogP contribution in [0.4, 0.5) is 5.69 Å². The van der Waals surface area contributed by atoms with E-state index in [0.29, 0.717) is 22.4 Å². The minimum absolute atomic E-state index is 0.216. The highest BCUT2D eigenvalue weighted by Crippen LogP contribution is 2.39. The average molecular weight is 295 g/mol. The molecule has 0 saturated heterocycles. The first-order valence-corrected chi connectivity index (χ1v) is 7.34. The third-order valence-electron chi connectivity index (χ3n) is 3.17. The van der Waals surface area contributed by atoms with Crippen LogP contribution in [-0.2, 0) is 0 Å². The number of nitrogen functional groups attached to an aromatic ring is 1. The van der Waals surface area contributed by atoms with Gasteiger partial charge in [-0.3, -0.25) is 0 Å². The fourth-order valence-electron chi connectivity index (χ4n) is 2.15. The molecule has 21 heavy (non-hydrogen) atoms. The molecule has 0 aliphatic rings. The van der Waals surface area contributed by atoms with Gasteiger partial charge < -0.3 is 10.5 Å². The van der Waals surface area contributed by atoms with Crippen LogP contribution in [-0.4, -0.2) is 13.4 Å². The second-order valence-corrected chi connectivity index (χ2v) is 5.06. The number of benzene rings is 2. The zero-order valence-corrected chi connectivity index (χ0v) is 12.5. The van der Waals surface area contributed by atoms with Crippen molar-refractivity contribution >= 4 is 17.4 Å². The van der Waals surface area contributed by atoms with Gasteiger partial charge in [0.2, 0.25) is 0 Å². The monoisotopic (exact) mass is 295 g/mol. The summed E-state index contributed by atoms with van der Waals surface area (Å²) in [6.07, 6.45) is 1.87. The molecule has 0 aliphatic heterocycles. The van der Waals surface area contributed by atoms with E-state index in [0.717, 1.165) is 10.5 Å². The fourth-order valence-corrected chi connectivity index (χ4v) is 2.75. The van der Waals surface area contributed by atoms with Crippen molar-refractivity contribution < 1.29 is 4.74 Å². The third kappa shape index (κ3) is 2.52. The van der Waals surface area contributed by atoms with Crippen LogP contribution in [0.1, 0.15) is 11.1 Å². The SMILES string of the molecule is COc1ccccc1-c1cc(SC)c(C#N)c(N)c1C#N. The van der Waals surface area contributed by atoms with Crippen molar-refractivity contribution in [3.05, 3.63) is 41.5 Å². The second-order valence-electron chi connectivity index (χ2n) is 4.21. The second kappa shape index (κ2) is 6.21. The summed E-state index contributed by atoms with van der Waals surface area (Å²) in [4.78, 5) is 0.745. The average Bonchev–Trinajstić information content (AvgIpc) is 2.53. The van der Waals surface area contributed by atoms with Crippen LogP contribution >= 0.6 is 11.8 Å². The summed E-state index contributed by atoms with van der Waals surface area (Å²) in [7, 11) is 1.58. The number of rotatable bonds is 3. The minimum atomic E-state index is 0.216. The zero-order valence-electron chi connectivity index (χ0n) is 11.7. The minimum Gasteiger partial charge on any atom is -0.496 e. The van der Waals surface area contributed by atoms with Crippen LogP contribution in [0.5, 0.6) is 5.75 Å². The van der Waals surface area contributed by atoms with Crippen molar-refractivity contribution in [3.8, 4) is 29.0 Å². The first-order valence-electron chi connectivity index (χ1n) is 6.12. The normalized spacial score (nSPS) is 9.71. The number of hydrogen-bond acceptors (Lipinski definition) is 5. The summed E-state index contributed by atoms with van der Waals surface area (Å²) >= 11 is 1.42. The van der Waals surface area contributed by atoms with Crippen LogP contribution in [0.3, 0.4) is 0 Å². The molecule has 0 bridgehead atoms. The van der Waals surface area contributed by atoms with Crippen molar-refractivity contribution in [2.75, 3.05) is 19.1 Å². The number of methoxy groups -OCH3 is 1. The lowest BCUT2D eigenvalue weighted by Crippen LogP contribution is -2.00. The topological polar surface area (TPSA) is 82.8 Å². The Balaban J connectivity index is 2.84. The Morgan fingerprint density at radius 1 is 1.10 bits per heavy atom. The molecule has 0 amide bonds. The smallest absolute Gasteiger partial charge is 0.126 e. The lowest BCUT2D eigenvalue weighted by atomic mass is 9.95. The lowest BCUT2D eigenvalue weighted by Gasteiger charge is -2.14. The van der Waals surface area contributed by atoms with E-state index in [4.69, 9.17) is 10.5 Å². The number of nitrogens with two attached hydrogens (primary N) is 1. The summed E-state index contributed by atoms with van der Waals surface area (Å²) in [5.41, 5.74) is 8.33.